The van der Waals surface area contributed by atoms with Gasteiger partial charge in [-0.15, -0.1) is 0 Å². The van der Waals surface area contributed by atoms with Crippen LogP contribution in [0.4, 0.5) is 0 Å². The molecule has 0 aliphatic rings. The molecule has 2 aromatic rings. The van der Waals surface area contributed by atoms with Gasteiger partial charge >= 0.3 is 0 Å². The molecule has 0 fully saturated rings. The maximum Gasteiger partial charge on any atom is 0.108 e. The summed E-state index contributed by atoms with van der Waals surface area (Å²) < 4.78 is 5.47. The minimum absolute atomic E-state index is 0.0965. The van der Waals surface area contributed by atoms with Gasteiger partial charge in [0, 0.05) is 12.0 Å². The molecule has 1 heterocycles. The topological polar surface area (TPSA) is 39.2 Å². The zero-order chi connectivity index (χ0) is 13.8. The maximum atomic E-state index is 6.38. The van der Waals surface area contributed by atoms with E-state index in [2.05, 4.69) is 45.0 Å². The summed E-state index contributed by atoms with van der Waals surface area (Å²) in [5.74, 6) is 1.65. The van der Waals surface area contributed by atoms with Crippen LogP contribution in [-0.4, -0.2) is 0 Å². The summed E-state index contributed by atoms with van der Waals surface area (Å²) in [4.78, 5) is 0. The molecule has 0 radical (unpaired) electrons. The third-order valence-electron chi connectivity index (χ3n) is 3.39. The van der Waals surface area contributed by atoms with Crippen molar-refractivity contribution in [2.75, 3.05) is 0 Å². The van der Waals surface area contributed by atoms with E-state index >= 15 is 0 Å². The van der Waals surface area contributed by atoms with Gasteiger partial charge in [-0.05, 0) is 29.5 Å². The van der Waals surface area contributed by atoms with Crippen molar-refractivity contribution in [2.45, 2.75) is 39.7 Å². The fraction of sp³-hybridized carbons (Fsp3) is 0.412. The van der Waals surface area contributed by atoms with E-state index < -0.39 is 0 Å². The van der Waals surface area contributed by atoms with Crippen molar-refractivity contribution in [2.24, 2.45) is 11.7 Å². The number of aryl methyl sites for hydroxylation is 1. The van der Waals surface area contributed by atoms with Crippen LogP contribution in [0.5, 0.6) is 0 Å². The molecule has 1 atom stereocenters. The molecule has 2 N–H and O–H groups in total. The second-order valence-electron chi connectivity index (χ2n) is 5.47. The van der Waals surface area contributed by atoms with E-state index in [9.17, 15) is 0 Å². The van der Waals surface area contributed by atoms with Gasteiger partial charge in [0.2, 0.25) is 0 Å². The second kappa shape index (κ2) is 6.07. The molecule has 1 unspecified atom stereocenters. The van der Waals surface area contributed by atoms with Crippen LogP contribution in [0.3, 0.4) is 0 Å². The normalized spacial score (nSPS) is 12.9. The Hall–Kier alpha value is -1.54. The van der Waals surface area contributed by atoms with Crippen molar-refractivity contribution in [3.63, 3.8) is 0 Å². The third-order valence-corrected chi connectivity index (χ3v) is 3.39. The van der Waals surface area contributed by atoms with Gasteiger partial charge in [0.05, 0.1) is 12.3 Å². The number of benzene rings is 1. The van der Waals surface area contributed by atoms with E-state index in [0.29, 0.717) is 5.92 Å². The summed E-state index contributed by atoms with van der Waals surface area (Å²) in [7, 11) is 0. The molecular formula is C17H23NO. The monoisotopic (exact) mass is 257 g/mol. The van der Waals surface area contributed by atoms with E-state index in [1.807, 2.05) is 6.07 Å². The average molecular weight is 257 g/mol. The van der Waals surface area contributed by atoms with E-state index in [1.165, 1.54) is 5.56 Å². The highest BCUT2D eigenvalue weighted by atomic mass is 16.3. The lowest BCUT2D eigenvalue weighted by Crippen LogP contribution is -2.13. The van der Waals surface area contributed by atoms with Gasteiger partial charge in [-0.3, -0.25) is 0 Å². The van der Waals surface area contributed by atoms with Crippen molar-refractivity contribution < 1.29 is 4.42 Å². The Bertz CT molecular complexity index is 528. The quantitative estimate of drug-likeness (QED) is 0.876. The number of hydrogen-bond acceptors (Lipinski definition) is 2. The first-order valence-electron chi connectivity index (χ1n) is 7.02. The average Bonchev–Trinajstić information content (AvgIpc) is 2.85. The van der Waals surface area contributed by atoms with Gasteiger partial charge in [0.1, 0.15) is 5.76 Å². The van der Waals surface area contributed by atoms with Gasteiger partial charge in [-0.2, -0.15) is 0 Å². The Morgan fingerprint density at radius 2 is 2.00 bits per heavy atom. The third kappa shape index (κ3) is 3.27. The SMILES string of the molecule is CCc1occc1C(N)c1cccc(CC(C)C)c1. The zero-order valence-electron chi connectivity index (χ0n) is 12.0. The minimum atomic E-state index is -0.0965. The molecule has 102 valence electrons. The van der Waals surface area contributed by atoms with E-state index in [4.69, 9.17) is 10.2 Å². The van der Waals surface area contributed by atoms with E-state index in [0.717, 1.165) is 29.7 Å². The number of nitrogens with two attached hydrogens (primary N) is 1. The Morgan fingerprint density at radius 1 is 1.21 bits per heavy atom. The van der Waals surface area contributed by atoms with Crippen molar-refractivity contribution >= 4 is 0 Å². The zero-order valence-corrected chi connectivity index (χ0v) is 12.0. The highest BCUT2D eigenvalue weighted by Gasteiger charge is 2.15. The fourth-order valence-corrected chi connectivity index (χ4v) is 2.48. The summed E-state index contributed by atoms with van der Waals surface area (Å²) in [6.45, 7) is 6.56. The first-order chi connectivity index (χ1) is 9.11. The molecule has 0 aliphatic carbocycles. The van der Waals surface area contributed by atoms with Crippen molar-refractivity contribution in [3.8, 4) is 0 Å². The number of rotatable bonds is 5. The molecule has 0 saturated carbocycles. The van der Waals surface area contributed by atoms with Gasteiger partial charge in [0.25, 0.3) is 0 Å². The summed E-state index contributed by atoms with van der Waals surface area (Å²) in [6.07, 6.45) is 3.69. The predicted octanol–water partition coefficient (Wildman–Crippen LogP) is 4.09. The Morgan fingerprint density at radius 3 is 2.68 bits per heavy atom. The summed E-state index contributed by atoms with van der Waals surface area (Å²) in [5, 5.41) is 0. The fourth-order valence-electron chi connectivity index (χ4n) is 2.48. The predicted molar refractivity (Wildman–Crippen MR) is 79.1 cm³/mol. The summed E-state index contributed by atoms with van der Waals surface area (Å²) in [5.41, 5.74) is 9.99. The number of hydrogen-bond donors (Lipinski definition) is 1. The lowest BCUT2D eigenvalue weighted by molar-refractivity contribution is 0.509. The summed E-state index contributed by atoms with van der Waals surface area (Å²) >= 11 is 0. The van der Waals surface area contributed by atoms with Gasteiger partial charge in [-0.1, -0.05) is 45.0 Å². The molecule has 0 saturated heterocycles. The molecular weight excluding hydrogens is 234 g/mol. The van der Waals surface area contributed by atoms with Crippen LogP contribution >= 0.6 is 0 Å². The Kier molecular flexibility index (Phi) is 4.43. The van der Waals surface area contributed by atoms with E-state index in [1.54, 1.807) is 6.26 Å². The van der Waals surface area contributed by atoms with Gasteiger partial charge in [0.15, 0.2) is 0 Å². The van der Waals surface area contributed by atoms with Crippen LogP contribution in [-0.2, 0) is 12.8 Å². The molecule has 1 aromatic carbocycles. The molecule has 2 rings (SSSR count). The van der Waals surface area contributed by atoms with Crippen molar-refractivity contribution in [3.05, 3.63) is 59.0 Å². The highest BCUT2D eigenvalue weighted by Crippen LogP contribution is 2.25. The standard InChI is InChI=1S/C17H23NO/c1-4-16-15(8-9-19-16)17(18)14-7-5-6-13(11-14)10-12(2)3/h5-9,11-12,17H,4,10,18H2,1-3H3. The lowest BCUT2D eigenvalue weighted by atomic mass is 9.95. The first kappa shape index (κ1) is 13.9. The van der Waals surface area contributed by atoms with Crippen LogP contribution < -0.4 is 5.73 Å². The lowest BCUT2D eigenvalue weighted by Gasteiger charge is -2.14. The van der Waals surface area contributed by atoms with Gasteiger partial charge < -0.3 is 10.2 Å². The molecule has 19 heavy (non-hydrogen) atoms. The van der Waals surface area contributed by atoms with E-state index in [-0.39, 0.29) is 6.04 Å². The second-order valence-corrected chi connectivity index (χ2v) is 5.47. The van der Waals surface area contributed by atoms with Crippen LogP contribution in [0, 0.1) is 5.92 Å². The molecule has 0 bridgehead atoms. The Balaban J connectivity index is 2.26. The first-order valence-corrected chi connectivity index (χ1v) is 7.02. The number of furan rings is 1. The minimum Gasteiger partial charge on any atom is -0.469 e. The molecule has 0 spiro atoms. The maximum absolute atomic E-state index is 6.38. The molecule has 0 amide bonds. The largest absolute Gasteiger partial charge is 0.469 e. The van der Waals surface area contributed by atoms with Gasteiger partial charge in [-0.25, -0.2) is 0 Å². The Labute approximate surface area is 115 Å². The molecule has 0 aliphatic heterocycles. The molecule has 2 heteroatoms. The summed E-state index contributed by atoms with van der Waals surface area (Å²) in [6, 6.07) is 10.5. The van der Waals surface area contributed by atoms with Crippen LogP contribution in [0.1, 0.15) is 49.3 Å². The van der Waals surface area contributed by atoms with Crippen LogP contribution in [0.15, 0.2) is 41.0 Å². The molecule has 2 nitrogen and oxygen atoms in total. The van der Waals surface area contributed by atoms with Crippen molar-refractivity contribution in [1.29, 1.82) is 0 Å². The van der Waals surface area contributed by atoms with Crippen LogP contribution in [0.25, 0.3) is 0 Å². The highest BCUT2D eigenvalue weighted by molar-refractivity contribution is 5.35. The molecule has 1 aromatic heterocycles. The van der Waals surface area contributed by atoms with Crippen LogP contribution in [0.2, 0.25) is 0 Å². The van der Waals surface area contributed by atoms with Crippen molar-refractivity contribution in [1.82, 2.24) is 0 Å². The smallest absolute Gasteiger partial charge is 0.108 e.